The average Bonchev–Trinajstić information content (AvgIpc) is 2.90. The first kappa shape index (κ1) is 11.6. The van der Waals surface area contributed by atoms with Crippen molar-refractivity contribution in [3.8, 4) is 0 Å². The summed E-state index contributed by atoms with van der Waals surface area (Å²) >= 11 is 7.81. The molecular weight excluding hydrogens is 242 g/mol. The molecular formula is C11H14ClN3S. The first-order chi connectivity index (χ1) is 7.77. The summed E-state index contributed by atoms with van der Waals surface area (Å²) in [6.07, 6.45) is 3.81. The molecule has 0 saturated carbocycles. The average molecular weight is 256 g/mol. The van der Waals surface area contributed by atoms with Gasteiger partial charge in [-0.2, -0.15) is 0 Å². The third-order valence-corrected chi connectivity index (χ3v) is 3.97. The van der Waals surface area contributed by atoms with E-state index in [1.807, 2.05) is 30.9 Å². The van der Waals surface area contributed by atoms with Crippen molar-refractivity contribution in [1.82, 2.24) is 14.9 Å². The molecule has 0 aliphatic rings. The molecule has 5 heteroatoms. The second kappa shape index (κ2) is 4.99. The molecule has 0 amide bonds. The number of imidazole rings is 1. The lowest BCUT2D eigenvalue weighted by Crippen LogP contribution is -2.21. The maximum absolute atomic E-state index is 6.16. The summed E-state index contributed by atoms with van der Waals surface area (Å²) in [6.45, 7) is 3.02. The van der Waals surface area contributed by atoms with Gasteiger partial charge in [0.1, 0.15) is 11.9 Å². The fourth-order valence-electron chi connectivity index (χ4n) is 1.74. The smallest absolute Gasteiger partial charge is 0.131 e. The number of aryl methyl sites for hydroxylation is 1. The van der Waals surface area contributed by atoms with E-state index >= 15 is 0 Å². The van der Waals surface area contributed by atoms with Crippen molar-refractivity contribution in [2.45, 2.75) is 19.5 Å². The summed E-state index contributed by atoms with van der Waals surface area (Å²) in [4.78, 5) is 5.52. The molecule has 2 aromatic heterocycles. The molecule has 0 aliphatic heterocycles. The third-order valence-electron chi connectivity index (χ3n) is 2.54. The van der Waals surface area contributed by atoms with Gasteiger partial charge in [0.25, 0.3) is 0 Å². The highest BCUT2D eigenvalue weighted by atomic mass is 35.5. The van der Waals surface area contributed by atoms with Gasteiger partial charge in [0, 0.05) is 23.8 Å². The Hall–Kier alpha value is -0.840. The van der Waals surface area contributed by atoms with Gasteiger partial charge in [0.15, 0.2) is 0 Å². The van der Waals surface area contributed by atoms with Crippen LogP contribution in [0.1, 0.15) is 23.7 Å². The van der Waals surface area contributed by atoms with Gasteiger partial charge in [-0.3, -0.25) is 0 Å². The summed E-state index contributed by atoms with van der Waals surface area (Å²) in [7, 11) is 1.93. The molecule has 2 heterocycles. The molecule has 0 saturated heterocycles. The van der Waals surface area contributed by atoms with E-state index in [0.29, 0.717) is 0 Å². The minimum Gasteiger partial charge on any atom is -0.334 e. The molecule has 1 atom stereocenters. The zero-order chi connectivity index (χ0) is 11.5. The quantitative estimate of drug-likeness (QED) is 0.911. The van der Waals surface area contributed by atoms with Gasteiger partial charge < -0.3 is 9.88 Å². The minimum atomic E-state index is 0.0717. The van der Waals surface area contributed by atoms with Crippen LogP contribution in [0.15, 0.2) is 23.8 Å². The minimum absolute atomic E-state index is 0.0717. The third kappa shape index (κ3) is 2.00. The maximum Gasteiger partial charge on any atom is 0.131 e. The van der Waals surface area contributed by atoms with Crippen LogP contribution in [-0.2, 0) is 6.54 Å². The van der Waals surface area contributed by atoms with Crippen LogP contribution in [-0.4, -0.2) is 16.6 Å². The van der Waals surface area contributed by atoms with Gasteiger partial charge in [-0.15, -0.1) is 11.3 Å². The van der Waals surface area contributed by atoms with Crippen molar-refractivity contribution in [2.24, 2.45) is 0 Å². The molecule has 86 valence electrons. The molecule has 0 aromatic carbocycles. The van der Waals surface area contributed by atoms with E-state index in [-0.39, 0.29) is 6.04 Å². The van der Waals surface area contributed by atoms with Gasteiger partial charge in [-0.05, 0) is 25.4 Å². The van der Waals surface area contributed by atoms with Crippen molar-refractivity contribution in [1.29, 1.82) is 0 Å². The van der Waals surface area contributed by atoms with E-state index in [0.717, 1.165) is 22.3 Å². The Bertz CT molecular complexity index is 463. The molecule has 1 N–H and O–H groups in total. The van der Waals surface area contributed by atoms with Crippen LogP contribution in [0.4, 0.5) is 0 Å². The van der Waals surface area contributed by atoms with E-state index in [1.165, 1.54) is 0 Å². The summed E-state index contributed by atoms with van der Waals surface area (Å²) in [5, 5.41) is 6.07. The monoisotopic (exact) mass is 255 g/mol. The van der Waals surface area contributed by atoms with Gasteiger partial charge in [0.2, 0.25) is 0 Å². The molecule has 2 aromatic rings. The molecule has 0 spiro atoms. The normalized spacial score (nSPS) is 12.9. The second-order valence-corrected chi connectivity index (χ2v) is 4.78. The second-order valence-electron chi connectivity index (χ2n) is 3.43. The Morgan fingerprint density at radius 2 is 2.44 bits per heavy atom. The topological polar surface area (TPSA) is 29.9 Å². The van der Waals surface area contributed by atoms with Crippen LogP contribution in [0.3, 0.4) is 0 Å². The number of hydrogen-bond donors (Lipinski definition) is 1. The van der Waals surface area contributed by atoms with E-state index < -0.39 is 0 Å². The fraction of sp³-hybridized carbons (Fsp3) is 0.364. The first-order valence-corrected chi connectivity index (χ1v) is 6.44. The molecule has 0 aliphatic carbocycles. The molecule has 2 rings (SSSR count). The van der Waals surface area contributed by atoms with Gasteiger partial charge >= 0.3 is 0 Å². The Balaban J connectivity index is 2.40. The first-order valence-electron chi connectivity index (χ1n) is 5.19. The number of halogens is 1. The number of thiophene rings is 1. The molecule has 3 nitrogen and oxygen atoms in total. The van der Waals surface area contributed by atoms with Crippen LogP contribution < -0.4 is 5.32 Å². The molecule has 0 fully saturated rings. The largest absolute Gasteiger partial charge is 0.334 e. The van der Waals surface area contributed by atoms with Crippen molar-refractivity contribution in [3.63, 3.8) is 0 Å². The van der Waals surface area contributed by atoms with Gasteiger partial charge in [-0.25, -0.2) is 4.98 Å². The van der Waals surface area contributed by atoms with Crippen LogP contribution in [0.2, 0.25) is 5.02 Å². The molecule has 16 heavy (non-hydrogen) atoms. The zero-order valence-corrected chi connectivity index (χ0v) is 10.8. The van der Waals surface area contributed by atoms with Crippen LogP contribution in [0.5, 0.6) is 0 Å². The summed E-state index contributed by atoms with van der Waals surface area (Å²) in [5.41, 5.74) is 0. The summed E-state index contributed by atoms with van der Waals surface area (Å²) < 4.78 is 2.12. The summed E-state index contributed by atoms with van der Waals surface area (Å²) in [6, 6.07) is 1.99. The van der Waals surface area contributed by atoms with E-state index in [4.69, 9.17) is 11.6 Å². The van der Waals surface area contributed by atoms with Gasteiger partial charge in [-0.1, -0.05) is 11.6 Å². The zero-order valence-electron chi connectivity index (χ0n) is 9.27. The highest BCUT2D eigenvalue weighted by molar-refractivity contribution is 7.10. The van der Waals surface area contributed by atoms with Crippen LogP contribution in [0, 0.1) is 0 Å². The highest BCUT2D eigenvalue weighted by Gasteiger charge is 2.20. The number of nitrogens with one attached hydrogen (secondary N) is 1. The molecule has 0 bridgehead atoms. The highest BCUT2D eigenvalue weighted by Crippen LogP contribution is 2.31. The number of hydrogen-bond acceptors (Lipinski definition) is 3. The lowest BCUT2D eigenvalue weighted by atomic mass is 10.2. The fourth-order valence-corrected chi connectivity index (χ4v) is 3.01. The Labute approximate surface area is 104 Å². The maximum atomic E-state index is 6.16. The molecule has 1 unspecified atom stereocenters. The van der Waals surface area contributed by atoms with E-state index in [9.17, 15) is 0 Å². The molecule has 0 radical (unpaired) electrons. The van der Waals surface area contributed by atoms with Crippen molar-refractivity contribution in [2.75, 3.05) is 7.05 Å². The predicted molar refractivity (Wildman–Crippen MR) is 68.1 cm³/mol. The SMILES string of the molecule is CCn1ccnc1C(NC)c1sccc1Cl. The Morgan fingerprint density at radius 3 is 3.00 bits per heavy atom. The standard InChI is InChI=1S/C11H14ClN3S/c1-3-15-6-5-14-11(15)9(13-2)10-8(12)4-7-16-10/h4-7,9,13H,3H2,1-2H3. The summed E-state index contributed by atoms with van der Waals surface area (Å²) in [5.74, 6) is 1.01. The Kier molecular flexibility index (Phi) is 3.63. The number of rotatable bonds is 4. The van der Waals surface area contributed by atoms with Crippen LogP contribution in [0.25, 0.3) is 0 Å². The Morgan fingerprint density at radius 1 is 1.62 bits per heavy atom. The van der Waals surface area contributed by atoms with E-state index in [1.54, 1.807) is 11.3 Å². The lowest BCUT2D eigenvalue weighted by molar-refractivity contribution is 0.597. The van der Waals surface area contributed by atoms with Crippen LogP contribution >= 0.6 is 22.9 Å². The number of nitrogens with zero attached hydrogens (tertiary/aromatic N) is 2. The lowest BCUT2D eigenvalue weighted by Gasteiger charge is -2.16. The predicted octanol–water partition coefficient (Wildman–Crippen LogP) is 2.93. The van der Waals surface area contributed by atoms with Gasteiger partial charge in [0.05, 0.1) is 5.02 Å². The van der Waals surface area contributed by atoms with Crippen molar-refractivity contribution in [3.05, 3.63) is 39.6 Å². The van der Waals surface area contributed by atoms with Crippen molar-refractivity contribution >= 4 is 22.9 Å². The number of aromatic nitrogens is 2. The van der Waals surface area contributed by atoms with Crippen molar-refractivity contribution < 1.29 is 0 Å². The van der Waals surface area contributed by atoms with E-state index in [2.05, 4.69) is 21.8 Å².